The van der Waals surface area contributed by atoms with Gasteiger partial charge in [0, 0.05) is 16.5 Å². The molecule has 6 nitrogen and oxygen atoms in total. The molecule has 1 unspecified atom stereocenters. The van der Waals surface area contributed by atoms with E-state index in [0.29, 0.717) is 28.4 Å². The van der Waals surface area contributed by atoms with Crippen LogP contribution in [-0.4, -0.2) is 40.7 Å². The van der Waals surface area contributed by atoms with Crippen LogP contribution in [0.4, 0.5) is 4.39 Å². The molecule has 1 fully saturated rings. The number of fused-ring (bicyclic) bond motifs is 1. The van der Waals surface area contributed by atoms with E-state index in [4.69, 9.17) is 9.84 Å². The second-order valence-corrected chi connectivity index (χ2v) is 6.56. The van der Waals surface area contributed by atoms with Crippen molar-refractivity contribution in [3.8, 4) is 0 Å². The first-order valence-corrected chi connectivity index (χ1v) is 7.78. The van der Waals surface area contributed by atoms with Crippen LogP contribution >= 0.6 is 15.9 Å². The standard InChI is InChI=1S/C15H14BrFN2O4/c16-8-3-10(17)9-5-12(18-11(9)4-8)14(22)19-15(6-13(20)21)1-2-23-7-15/h3-5,18H,1-2,6-7H2,(H,19,22)(H,20,21). The van der Waals surface area contributed by atoms with Crippen LogP contribution in [0.1, 0.15) is 23.3 Å². The molecular formula is C15H14BrFN2O4. The molecule has 8 heteroatoms. The van der Waals surface area contributed by atoms with E-state index in [-0.39, 0.29) is 18.7 Å². The topological polar surface area (TPSA) is 91.4 Å². The molecular weight excluding hydrogens is 371 g/mol. The number of carbonyl (C=O) groups excluding carboxylic acids is 1. The number of hydrogen-bond donors (Lipinski definition) is 3. The summed E-state index contributed by atoms with van der Waals surface area (Å²) >= 11 is 3.19. The maximum Gasteiger partial charge on any atom is 0.305 e. The first kappa shape index (κ1) is 15.9. The number of hydrogen-bond acceptors (Lipinski definition) is 3. The summed E-state index contributed by atoms with van der Waals surface area (Å²) < 4.78 is 19.7. The van der Waals surface area contributed by atoms with Crippen molar-refractivity contribution in [1.82, 2.24) is 10.3 Å². The van der Waals surface area contributed by atoms with Crippen molar-refractivity contribution in [3.63, 3.8) is 0 Å². The minimum Gasteiger partial charge on any atom is -0.481 e. The summed E-state index contributed by atoms with van der Waals surface area (Å²) in [5.74, 6) is -1.94. The highest BCUT2D eigenvalue weighted by atomic mass is 79.9. The molecule has 3 N–H and O–H groups in total. The molecule has 1 amide bonds. The van der Waals surface area contributed by atoms with Gasteiger partial charge in [0.1, 0.15) is 11.5 Å². The maximum absolute atomic E-state index is 13.9. The smallest absolute Gasteiger partial charge is 0.305 e. The number of nitrogens with one attached hydrogen (secondary N) is 2. The van der Waals surface area contributed by atoms with E-state index in [1.807, 2.05) is 0 Å². The zero-order chi connectivity index (χ0) is 16.6. The van der Waals surface area contributed by atoms with Crippen molar-refractivity contribution in [3.05, 3.63) is 34.2 Å². The summed E-state index contributed by atoms with van der Waals surface area (Å²) in [5.41, 5.74) is -0.273. The van der Waals surface area contributed by atoms with Gasteiger partial charge >= 0.3 is 5.97 Å². The van der Waals surface area contributed by atoms with Crippen molar-refractivity contribution in [2.24, 2.45) is 0 Å². The number of aromatic nitrogens is 1. The highest BCUT2D eigenvalue weighted by molar-refractivity contribution is 9.10. The van der Waals surface area contributed by atoms with Gasteiger partial charge in [0.2, 0.25) is 0 Å². The summed E-state index contributed by atoms with van der Waals surface area (Å²) in [6.45, 7) is 0.535. The number of ether oxygens (including phenoxy) is 1. The van der Waals surface area contributed by atoms with Gasteiger partial charge in [-0.25, -0.2) is 4.39 Å². The summed E-state index contributed by atoms with van der Waals surface area (Å²) in [5, 5.41) is 12.1. The Hall–Kier alpha value is -1.93. The SMILES string of the molecule is O=C(O)CC1(NC(=O)c2cc3c(F)cc(Br)cc3[nH]2)CCOC1. The van der Waals surface area contributed by atoms with Crippen LogP contribution in [0.5, 0.6) is 0 Å². The van der Waals surface area contributed by atoms with Gasteiger partial charge in [-0.1, -0.05) is 15.9 Å². The Balaban J connectivity index is 1.88. The van der Waals surface area contributed by atoms with Crippen LogP contribution in [0.2, 0.25) is 0 Å². The van der Waals surface area contributed by atoms with Gasteiger partial charge in [-0.3, -0.25) is 9.59 Å². The molecule has 122 valence electrons. The molecule has 1 aromatic carbocycles. The number of halogens is 2. The van der Waals surface area contributed by atoms with E-state index in [9.17, 15) is 14.0 Å². The van der Waals surface area contributed by atoms with Crippen LogP contribution < -0.4 is 5.32 Å². The summed E-state index contributed by atoms with van der Waals surface area (Å²) in [4.78, 5) is 26.3. The average molecular weight is 385 g/mol. The van der Waals surface area contributed by atoms with E-state index in [1.165, 1.54) is 12.1 Å². The molecule has 1 atom stereocenters. The third kappa shape index (κ3) is 3.23. The lowest BCUT2D eigenvalue weighted by Crippen LogP contribution is -2.50. The number of rotatable bonds is 4. The van der Waals surface area contributed by atoms with Crippen molar-refractivity contribution in [2.75, 3.05) is 13.2 Å². The van der Waals surface area contributed by atoms with E-state index in [2.05, 4.69) is 26.2 Å². The Kier molecular flexibility index (Phi) is 4.11. The fraction of sp³-hybridized carbons (Fsp3) is 0.333. The number of aromatic amines is 1. The zero-order valence-corrected chi connectivity index (χ0v) is 13.6. The third-order valence-corrected chi connectivity index (χ3v) is 4.33. The Morgan fingerprint density at radius 2 is 2.22 bits per heavy atom. The number of carboxylic acids is 1. The van der Waals surface area contributed by atoms with Gasteiger partial charge in [-0.05, 0) is 24.6 Å². The number of H-pyrrole nitrogens is 1. The van der Waals surface area contributed by atoms with E-state index in [1.54, 1.807) is 6.07 Å². The number of amides is 1. The number of carbonyl (C=O) groups is 2. The van der Waals surface area contributed by atoms with Gasteiger partial charge in [0.25, 0.3) is 5.91 Å². The van der Waals surface area contributed by atoms with Gasteiger partial charge < -0.3 is 20.1 Å². The molecule has 2 aromatic rings. The summed E-state index contributed by atoms with van der Waals surface area (Å²) in [7, 11) is 0. The van der Waals surface area contributed by atoms with Crippen molar-refractivity contribution < 1.29 is 23.8 Å². The molecule has 0 radical (unpaired) electrons. The first-order valence-electron chi connectivity index (χ1n) is 6.98. The molecule has 3 rings (SSSR count). The molecule has 0 saturated carbocycles. The fourth-order valence-electron chi connectivity index (χ4n) is 2.77. The molecule has 23 heavy (non-hydrogen) atoms. The van der Waals surface area contributed by atoms with Crippen LogP contribution in [0.3, 0.4) is 0 Å². The van der Waals surface area contributed by atoms with Crippen molar-refractivity contribution in [1.29, 1.82) is 0 Å². The molecule has 1 saturated heterocycles. The zero-order valence-electron chi connectivity index (χ0n) is 12.0. The lowest BCUT2D eigenvalue weighted by atomic mass is 9.94. The summed E-state index contributed by atoms with van der Waals surface area (Å²) in [6, 6.07) is 4.40. The Labute approximate surface area is 139 Å². The average Bonchev–Trinajstić information content (AvgIpc) is 3.05. The Morgan fingerprint density at radius 3 is 2.87 bits per heavy atom. The number of benzene rings is 1. The molecule has 0 aliphatic carbocycles. The lowest BCUT2D eigenvalue weighted by Gasteiger charge is -2.26. The molecule has 1 aromatic heterocycles. The van der Waals surface area contributed by atoms with E-state index >= 15 is 0 Å². The van der Waals surface area contributed by atoms with E-state index < -0.39 is 23.2 Å². The third-order valence-electron chi connectivity index (χ3n) is 3.87. The minimum atomic E-state index is -1.01. The largest absolute Gasteiger partial charge is 0.481 e. The Bertz CT molecular complexity index is 783. The highest BCUT2D eigenvalue weighted by Crippen LogP contribution is 2.26. The number of aliphatic carboxylic acids is 1. The van der Waals surface area contributed by atoms with Crippen LogP contribution in [-0.2, 0) is 9.53 Å². The van der Waals surface area contributed by atoms with Crippen LogP contribution in [0.15, 0.2) is 22.7 Å². The lowest BCUT2D eigenvalue weighted by molar-refractivity contribution is -0.138. The first-order chi connectivity index (χ1) is 10.9. The van der Waals surface area contributed by atoms with Gasteiger partial charge in [0.05, 0.1) is 24.1 Å². The molecule has 0 spiro atoms. The predicted octanol–water partition coefficient (Wildman–Crippen LogP) is 2.43. The van der Waals surface area contributed by atoms with Crippen LogP contribution in [0, 0.1) is 5.82 Å². The maximum atomic E-state index is 13.9. The van der Waals surface area contributed by atoms with Crippen molar-refractivity contribution in [2.45, 2.75) is 18.4 Å². The normalized spacial score (nSPS) is 20.8. The summed E-state index contributed by atoms with van der Waals surface area (Å²) in [6.07, 6.45) is 0.198. The van der Waals surface area contributed by atoms with Crippen molar-refractivity contribution >= 4 is 38.7 Å². The fourth-order valence-corrected chi connectivity index (χ4v) is 3.20. The molecule has 1 aliphatic heterocycles. The second-order valence-electron chi connectivity index (χ2n) is 5.64. The van der Waals surface area contributed by atoms with Gasteiger partial charge in [-0.2, -0.15) is 0 Å². The molecule has 2 heterocycles. The Morgan fingerprint density at radius 1 is 1.43 bits per heavy atom. The highest BCUT2D eigenvalue weighted by Gasteiger charge is 2.39. The van der Waals surface area contributed by atoms with E-state index in [0.717, 1.165) is 0 Å². The van der Waals surface area contributed by atoms with Gasteiger partial charge in [0.15, 0.2) is 0 Å². The predicted molar refractivity (Wildman–Crippen MR) is 83.8 cm³/mol. The monoisotopic (exact) mass is 384 g/mol. The molecule has 0 bridgehead atoms. The van der Waals surface area contributed by atoms with Crippen LogP contribution in [0.25, 0.3) is 10.9 Å². The number of carboxylic acid groups (broad SMARTS) is 1. The quantitative estimate of drug-likeness (QED) is 0.754. The second kappa shape index (κ2) is 5.93. The molecule has 1 aliphatic rings. The minimum absolute atomic E-state index is 0.144. The van der Waals surface area contributed by atoms with Gasteiger partial charge in [-0.15, -0.1) is 0 Å².